The molecule has 3 rings (SSSR count). The molecule has 6 heteroatoms. The summed E-state index contributed by atoms with van der Waals surface area (Å²) in [6.07, 6.45) is 6.51. The van der Waals surface area contributed by atoms with Crippen LogP contribution >= 0.6 is 0 Å². The van der Waals surface area contributed by atoms with Gasteiger partial charge in [0.15, 0.2) is 0 Å². The summed E-state index contributed by atoms with van der Waals surface area (Å²) in [4.78, 5) is 26.3. The fourth-order valence-electron chi connectivity index (χ4n) is 3.94. The number of hydrogen-bond acceptors (Lipinski definition) is 5. The number of carbonyl (C=O) groups is 2. The number of rotatable bonds is 8. The van der Waals surface area contributed by atoms with Gasteiger partial charge in [-0.1, -0.05) is 37.5 Å². The van der Waals surface area contributed by atoms with Gasteiger partial charge in [0.2, 0.25) is 5.91 Å². The minimum Gasteiger partial charge on any atom is -0.465 e. The van der Waals surface area contributed by atoms with Crippen LogP contribution in [0.25, 0.3) is 0 Å². The first-order valence-corrected chi connectivity index (χ1v) is 10.6. The largest absolute Gasteiger partial charge is 0.465 e. The van der Waals surface area contributed by atoms with Crippen LogP contribution in [0.2, 0.25) is 0 Å². The van der Waals surface area contributed by atoms with Crippen molar-refractivity contribution >= 4 is 23.3 Å². The predicted molar refractivity (Wildman–Crippen MR) is 120 cm³/mol. The summed E-state index contributed by atoms with van der Waals surface area (Å²) in [5.74, 6) is -0.541. The van der Waals surface area contributed by atoms with Gasteiger partial charge < -0.3 is 15.4 Å². The van der Waals surface area contributed by atoms with Crippen molar-refractivity contribution in [3.63, 3.8) is 0 Å². The van der Waals surface area contributed by atoms with Crippen LogP contribution in [0.3, 0.4) is 0 Å². The van der Waals surface area contributed by atoms with Gasteiger partial charge in [-0.25, -0.2) is 4.79 Å². The van der Waals surface area contributed by atoms with Crippen molar-refractivity contribution in [1.29, 1.82) is 0 Å². The third kappa shape index (κ3) is 6.07. The number of nitrogens with zero attached hydrogens (tertiary/aromatic N) is 1. The smallest absolute Gasteiger partial charge is 0.337 e. The second-order valence-electron chi connectivity index (χ2n) is 7.83. The van der Waals surface area contributed by atoms with Gasteiger partial charge in [-0.2, -0.15) is 0 Å². The van der Waals surface area contributed by atoms with Crippen LogP contribution in [0.1, 0.15) is 48.0 Å². The third-order valence-electron chi connectivity index (χ3n) is 5.66. The summed E-state index contributed by atoms with van der Waals surface area (Å²) in [5, 5.41) is 6.11. The first-order chi connectivity index (χ1) is 14.6. The summed E-state index contributed by atoms with van der Waals surface area (Å²) in [5.41, 5.74) is 3.27. The quantitative estimate of drug-likeness (QED) is 0.637. The molecule has 0 radical (unpaired) electrons. The summed E-state index contributed by atoms with van der Waals surface area (Å²) in [6, 6.07) is 15.4. The van der Waals surface area contributed by atoms with Crippen LogP contribution in [-0.2, 0) is 16.1 Å². The summed E-state index contributed by atoms with van der Waals surface area (Å²) in [6.45, 7) is 1.04. The minimum atomic E-state index is -0.399. The number of ether oxygens (including phenoxy) is 1. The van der Waals surface area contributed by atoms with Gasteiger partial charge in [0.05, 0.1) is 19.2 Å². The standard InChI is InChI=1S/C24H31N3O3/c1-27(21-9-4-3-5-10-21)17-19-8-6-7-11-22(19)25-16-23(28)26-20-14-12-18(13-15-20)24(29)30-2/h6-8,11-15,21,25H,3-5,9-10,16-17H2,1-2H3,(H,26,28). The van der Waals surface area contributed by atoms with Crippen molar-refractivity contribution in [3.8, 4) is 0 Å². The molecule has 0 atom stereocenters. The zero-order valence-corrected chi connectivity index (χ0v) is 17.8. The summed E-state index contributed by atoms with van der Waals surface area (Å²) >= 11 is 0. The molecule has 1 saturated carbocycles. The first kappa shape index (κ1) is 21.8. The second kappa shape index (κ2) is 10.8. The van der Waals surface area contributed by atoms with E-state index in [0.717, 1.165) is 12.2 Å². The van der Waals surface area contributed by atoms with Gasteiger partial charge in [-0.15, -0.1) is 0 Å². The number of nitrogens with one attached hydrogen (secondary N) is 2. The minimum absolute atomic E-state index is 0.142. The molecule has 1 fully saturated rings. The van der Waals surface area contributed by atoms with Gasteiger partial charge >= 0.3 is 5.97 Å². The Bertz CT molecular complexity index is 845. The topological polar surface area (TPSA) is 70.7 Å². The Morgan fingerprint density at radius 3 is 2.43 bits per heavy atom. The molecular formula is C24H31N3O3. The molecule has 160 valence electrons. The van der Waals surface area contributed by atoms with E-state index in [0.29, 0.717) is 17.3 Å². The van der Waals surface area contributed by atoms with Crippen molar-refractivity contribution in [1.82, 2.24) is 4.90 Å². The van der Waals surface area contributed by atoms with E-state index in [1.807, 2.05) is 18.2 Å². The highest BCUT2D eigenvalue weighted by Crippen LogP contribution is 2.24. The average Bonchev–Trinajstić information content (AvgIpc) is 2.79. The molecule has 2 aromatic rings. The molecule has 6 nitrogen and oxygen atoms in total. The van der Waals surface area contributed by atoms with E-state index in [9.17, 15) is 9.59 Å². The Balaban J connectivity index is 1.54. The maximum atomic E-state index is 12.4. The average molecular weight is 410 g/mol. The van der Waals surface area contributed by atoms with Crippen LogP contribution in [0.4, 0.5) is 11.4 Å². The molecule has 0 unspecified atom stereocenters. The van der Waals surface area contributed by atoms with Crippen LogP contribution in [0, 0.1) is 0 Å². The fraction of sp³-hybridized carbons (Fsp3) is 0.417. The Morgan fingerprint density at radius 1 is 1.03 bits per heavy atom. The maximum Gasteiger partial charge on any atom is 0.337 e. The number of anilines is 2. The zero-order valence-electron chi connectivity index (χ0n) is 17.8. The number of esters is 1. The van der Waals surface area contributed by atoms with E-state index >= 15 is 0 Å². The van der Waals surface area contributed by atoms with Crippen molar-refractivity contribution < 1.29 is 14.3 Å². The van der Waals surface area contributed by atoms with E-state index in [1.54, 1.807) is 24.3 Å². The van der Waals surface area contributed by atoms with Gasteiger partial charge in [-0.3, -0.25) is 9.69 Å². The van der Waals surface area contributed by atoms with Gasteiger partial charge in [0, 0.05) is 24.0 Å². The maximum absolute atomic E-state index is 12.4. The van der Waals surface area contributed by atoms with Crippen molar-refractivity contribution in [2.75, 3.05) is 31.3 Å². The lowest BCUT2D eigenvalue weighted by Crippen LogP contribution is -2.33. The lowest BCUT2D eigenvalue weighted by molar-refractivity contribution is -0.114. The molecule has 0 saturated heterocycles. The zero-order chi connectivity index (χ0) is 21.3. The Hall–Kier alpha value is -2.86. The molecule has 2 aromatic carbocycles. The van der Waals surface area contributed by atoms with Gasteiger partial charge in [0.25, 0.3) is 0 Å². The molecule has 30 heavy (non-hydrogen) atoms. The van der Waals surface area contributed by atoms with E-state index in [1.165, 1.54) is 44.8 Å². The Morgan fingerprint density at radius 2 is 1.73 bits per heavy atom. The van der Waals surface area contributed by atoms with Crippen LogP contribution < -0.4 is 10.6 Å². The van der Waals surface area contributed by atoms with E-state index < -0.39 is 5.97 Å². The lowest BCUT2D eigenvalue weighted by Gasteiger charge is -2.31. The number of hydrogen-bond donors (Lipinski definition) is 2. The SMILES string of the molecule is COC(=O)c1ccc(NC(=O)CNc2ccccc2CN(C)C2CCCCC2)cc1. The summed E-state index contributed by atoms with van der Waals surface area (Å²) < 4.78 is 4.68. The molecule has 0 spiro atoms. The van der Waals surface area contributed by atoms with E-state index in [2.05, 4.69) is 33.4 Å². The molecule has 2 N–H and O–H groups in total. The van der Waals surface area contributed by atoms with Crippen LogP contribution in [-0.4, -0.2) is 43.5 Å². The van der Waals surface area contributed by atoms with Crippen LogP contribution in [0.15, 0.2) is 48.5 Å². The highest BCUT2D eigenvalue weighted by atomic mass is 16.5. The normalized spacial score (nSPS) is 14.4. The predicted octanol–water partition coefficient (Wildman–Crippen LogP) is 4.29. The van der Waals surface area contributed by atoms with Crippen molar-refractivity contribution in [3.05, 3.63) is 59.7 Å². The first-order valence-electron chi connectivity index (χ1n) is 10.6. The molecule has 0 aromatic heterocycles. The number of amides is 1. The van der Waals surface area contributed by atoms with Crippen LogP contribution in [0.5, 0.6) is 0 Å². The molecule has 0 aliphatic heterocycles. The molecule has 1 aliphatic rings. The number of para-hydroxylation sites is 1. The fourth-order valence-corrected chi connectivity index (χ4v) is 3.94. The number of carbonyl (C=O) groups excluding carboxylic acids is 2. The molecule has 0 heterocycles. The Labute approximate surface area is 178 Å². The molecule has 1 aliphatic carbocycles. The second-order valence-corrected chi connectivity index (χ2v) is 7.83. The lowest BCUT2D eigenvalue weighted by atomic mass is 9.94. The third-order valence-corrected chi connectivity index (χ3v) is 5.66. The molecule has 1 amide bonds. The van der Waals surface area contributed by atoms with Gasteiger partial charge in [-0.05, 0) is 55.8 Å². The van der Waals surface area contributed by atoms with Gasteiger partial charge in [0.1, 0.15) is 0 Å². The van der Waals surface area contributed by atoms with Crippen molar-refractivity contribution in [2.45, 2.75) is 44.7 Å². The van der Waals surface area contributed by atoms with Crippen molar-refractivity contribution in [2.24, 2.45) is 0 Å². The van der Waals surface area contributed by atoms with E-state index in [-0.39, 0.29) is 12.5 Å². The monoisotopic (exact) mass is 409 g/mol. The molecular weight excluding hydrogens is 378 g/mol. The summed E-state index contributed by atoms with van der Waals surface area (Å²) in [7, 11) is 3.53. The highest BCUT2D eigenvalue weighted by Gasteiger charge is 2.19. The number of methoxy groups -OCH3 is 1. The van der Waals surface area contributed by atoms with E-state index in [4.69, 9.17) is 0 Å². The highest BCUT2D eigenvalue weighted by molar-refractivity contribution is 5.95. The molecule has 0 bridgehead atoms. The number of benzene rings is 2. The Kier molecular flexibility index (Phi) is 7.85.